The van der Waals surface area contributed by atoms with E-state index in [1.165, 1.54) is 12.1 Å². The fraction of sp³-hybridized carbons (Fsp3) is 0.556. The molecule has 1 saturated carbocycles. The number of aliphatic imine (C=N–C) groups is 1. The van der Waals surface area contributed by atoms with Crippen molar-refractivity contribution in [1.82, 2.24) is 15.5 Å². The lowest BCUT2D eigenvalue weighted by atomic mass is 10.1. The number of hydrogen-bond acceptors (Lipinski definition) is 4. The first kappa shape index (κ1) is 18.2. The number of nitrogens with zero attached hydrogens (tertiary/aromatic N) is 3. The Bertz CT molecular complexity index is 677. The normalized spacial score (nSPS) is 18.5. The van der Waals surface area contributed by atoms with Crippen LogP contribution in [0.4, 0.5) is 5.69 Å². The maximum atomic E-state index is 11.4. The second-order valence-electron chi connectivity index (χ2n) is 6.93. The molecule has 1 amide bonds. The SMILES string of the molecule is CC(=O)N1CCC(NC(=NCc2ccc([N+](=O)[O-])cc2)NC2CC2)CC1. The number of carbonyl (C=O) groups excluding carboxylic acids is 1. The lowest BCUT2D eigenvalue weighted by Gasteiger charge is -2.32. The summed E-state index contributed by atoms with van der Waals surface area (Å²) in [7, 11) is 0. The van der Waals surface area contributed by atoms with E-state index in [1.54, 1.807) is 19.1 Å². The highest BCUT2D eigenvalue weighted by atomic mass is 16.6. The highest BCUT2D eigenvalue weighted by molar-refractivity contribution is 5.80. The molecule has 1 aromatic rings. The van der Waals surface area contributed by atoms with Gasteiger partial charge in [0.2, 0.25) is 5.91 Å². The van der Waals surface area contributed by atoms with E-state index in [9.17, 15) is 14.9 Å². The van der Waals surface area contributed by atoms with Gasteiger partial charge in [0.05, 0.1) is 11.5 Å². The lowest BCUT2D eigenvalue weighted by Crippen LogP contribution is -2.49. The van der Waals surface area contributed by atoms with E-state index in [1.807, 2.05) is 4.90 Å². The summed E-state index contributed by atoms with van der Waals surface area (Å²) < 4.78 is 0. The second kappa shape index (κ2) is 8.16. The minimum Gasteiger partial charge on any atom is -0.354 e. The summed E-state index contributed by atoms with van der Waals surface area (Å²) in [4.78, 5) is 28.3. The third-order valence-corrected chi connectivity index (χ3v) is 4.77. The maximum absolute atomic E-state index is 11.4. The summed E-state index contributed by atoms with van der Waals surface area (Å²) in [6.45, 7) is 3.62. The number of nitrogens with one attached hydrogen (secondary N) is 2. The summed E-state index contributed by atoms with van der Waals surface area (Å²) >= 11 is 0. The van der Waals surface area contributed by atoms with Gasteiger partial charge in [0.1, 0.15) is 0 Å². The maximum Gasteiger partial charge on any atom is 0.269 e. The number of guanidine groups is 1. The number of likely N-dealkylation sites (tertiary alicyclic amines) is 1. The van der Waals surface area contributed by atoms with E-state index in [4.69, 9.17) is 0 Å². The summed E-state index contributed by atoms with van der Waals surface area (Å²) in [5.41, 5.74) is 1.02. The first-order valence-electron chi connectivity index (χ1n) is 9.07. The van der Waals surface area contributed by atoms with Crippen LogP contribution >= 0.6 is 0 Å². The van der Waals surface area contributed by atoms with E-state index in [0.717, 1.165) is 50.3 Å². The Kier molecular flexibility index (Phi) is 5.70. The zero-order valence-corrected chi connectivity index (χ0v) is 15.0. The summed E-state index contributed by atoms with van der Waals surface area (Å²) in [5, 5.41) is 17.6. The third-order valence-electron chi connectivity index (χ3n) is 4.77. The summed E-state index contributed by atoms with van der Waals surface area (Å²) in [6.07, 6.45) is 4.12. The van der Waals surface area contributed by atoms with Gasteiger partial charge in [0, 0.05) is 44.2 Å². The summed E-state index contributed by atoms with van der Waals surface area (Å²) in [6, 6.07) is 7.26. The van der Waals surface area contributed by atoms with Crippen molar-refractivity contribution in [3.05, 3.63) is 39.9 Å². The summed E-state index contributed by atoms with van der Waals surface area (Å²) in [5.74, 6) is 0.916. The van der Waals surface area contributed by atoms with E-state index in [2.05, 4.69) is 15.6 Å². The van der Waals surface area contributed by atoms with Crippen molar-refractivity contribution in [2.75, 3.05) is 13.1 Å². The molecule has 2 aliphatic rings. The average Bonchev–Trinajstić information content (AvgIpc) is 3.44. The molecular formula is C18H25N5O3. The molecule has 3 rings (SSSR count). The lowest BCUT2D eigenvalue weighted by molar-refractivity contribution is -0.384. The molecule has 2 N–H and O–H groups in total. The van der Waals surface area contributed by atoms with Gasteiger partial charge >= 0.3 is 0 Å². The van der Waals surface area contributed by atoms with Gasteiger partial charge in [0.25, 0.3) is 5.69 Å². The van der Waals surface area contributed by atoms with Gasteiger partial charge in [-0.3, -0.25) is 14.9 Å². The monoisotopic (exact) mass is 359 g/mol. The number of rotatable bonds is 5. The Labute approximate surface area is 152 Å². The molecule has 1 aliphatic heterocycles. The van der Waals surface area contributed by atoms with E-state index in [-0.39, 0.29) is 11.6 Å². The Balaban J connectivity index is 1.57. The molecule has 0 radical (unpaired) electrons. The average molecular weight is 359 g/mol. The van der Waals surface area contributed by atoms with Crippen LogP contribution in [-0.2, 0) is 11.3 Å². The van der Waals surface area contributed by atoms with Crippen LogP contribution in [0.1, 0.15) is 38.2 Å². The number of non-ortho nitro benzene ring substituents is 1. The second-order valence-corrected chi connectivity index (χ2v) is 6.93. The standard InChI is InChI=1S/C18H25N5O3/c1-13(24)22-10-8-16(9-11-22)21-18(20-15-4-5-15)19-12-14-2-6-17(7-3-14)23(25)26/h2-3,6-7,15-16H,4-5,8-12H2,1H3,(H2,19,20,21). The number of benzene rings is 1. The van der Waals surface area contributed by atoms with Crippen molar-refractivity contribution in [2.45, 2.75) is 51.2 Å². The number of hydrogen-bond donors (Lipinski definition) is 2. The van der Waals surface area contributed by atoms with Crippen LogP contribution in [0.15, 0.2) is 29.3 Å². The van der Waals surface area contributed by atoms with Gasteiger partial charge in [-0.1, -0.05) is 12.1 Å². The molecule has 1 aromatic carbocycles. The number of carbonyl (C=O) groups is 1. The molecule has 0 unspecified atom stereocenters. The fourth-order valence-electron chi connectivity index (χ4n) is 2.98. The molecule has 1 saturated heterocycles. The van der Waals surface area contributed by atoms with Crippen molar-refractivity contribution >= 4 is 17.6 Å². The minimum atomic E-state index is -0.401. The van der Waals surface area contributed by atoms with Crippen LogP contribution in [-0.4, -0.2) is 46.9 Å². The number of piperidine rings is 1. The molecule has 26 heavy (non-hydrogen) atoms. The van der Waals surface area contributed by atoms with Crippen LogP contribution < -0.4 is 10.6 Å². The molecule has 8 nitrogen and oxygen atoms in total. The molecule has 0 atom stereocenters. The van der Waals surface area contributed by atoms with Crippen molar-refractivity contribution in [3.8, 4) is 0 Å². The van der Waals surface area contributed by atoms with Crippen LogP contribution in [0.3, 0.4) is 0 Å². The molecule has 1 heterocycles. The fourth-order valence-corrected chi connectivity index (χ4v) is 2.98. The Morgan fingerprint density at radius 2 is 1.73 bits per heavy atom. The molecule has 0 bridgehead atoms. The molecule has 0 aromatic heterocycles. The molecule has 8 heteroatoms. The number of amides is 1. The Hall–Kier alpha value is -2.64. The van der Waals surface area contributed by atoms with Crippen molar-refractivity contribution in [2.24, 2.45) is 4.99 Å². The van der Waals surface area contributed by atoms with Crippen LogP contribution in [0, 0.1) is 10.1 Å². The zero-order valence-electron chi connectivity index (χ0n) is 15.0. The molecule has 0 spiro atoms. The first-order valence-corrected chi connectivity index (χ1v) is 9.07. The van der Waals surface area contributed by atoms with Crippen molar-refractivity contribution in [1.29, 1.82) is 0 Å². The first-order chi connectivity index (χ1) is 12.5. The van der Waals surface area contributed by atoms with Crippen LogP contribution in [0.2, 0.25) is 0 Å². The van der Waals surface area contributed by atoms with E-state index in [0.29, 0.717) is 18.6 Å². The van der Waals surface area contributed by atoms with Crippen molar-refractivity contribution < 1.29 is 9.72 Å². The van der Waals surface area contributed by atoms with E-state index >= 15 is 0 Å². The zero-order chi connectivity index (χ0) is 18.5. The predicted molar refractivity (Wildman–Crippen MR) is 98.8 cm³/mol. The van der Waals surface area contributed by atoms with Gasteiger partial charge in [-0.05, 0) is 31.2 Å². The van der Waals surface area contributed by atoms with Gasteiger partial charge in [0.15, 0.2) is 5.96 Å². The Morgan fingerprint density at radius 1 is 1.15 bits per heavy atom. The topological polar surface area (TPSA) is 99.9 Å². The van der Waals surface area contributed by atoms with Gasteiger partial charge in [-0.15, -0.1) is 0 Å². The third kappa shape index (κ3) is 5.18. The van der Waals surface area contributed by atoms with E-state index < -0.39 is 4.92 Å². The van der Waals surface area contributed by atoms with Crippen LogP contribution in [0.5, 0.6) is 0 Å². The van der Waals surface area contributed by atoms with Gasteiger partial charge in [-0.25, -0.2) is 4.99 Å². The Morgan fingerprint density at radius 3 is 2.23 bits per heavy atom. The molecule has 2 fully saturated rings. The quantitative estimate of drug-likeness (QED) is 0.361. The number of nitro benzene ring substituents is 1. The molecule has 1 aliphatic carbocycles. The highest BCUT2D eigenvalue weighted by Crippen LogP contribution is 2.19. The van der Waals surface area contributed by atoms with Gasteiger partial charge < -0.3 is 15.5 Å². The largest absolute Gasteiger partial charge is 0.354 e. The highest BCUT2D eigenvalue weighted by Gasteiger charge is 2.25. The smallest absolute Gasteiger partial charge is 0.269 e. The molecular weight excluding hydrogens is 334 g/mol. The van der Waals surface area contributed by atoms with Crippen LogP contribution in [0.25, 0.3) is 0 Å². The number of nitro groups is 1. The van der Waals surface area contributed by atoms with Gasteiger partial charge in [-0.2, -0.15) is 0 Å². The molecule has 140 valence electrons. The predicted octanol–water partition coefficient (Wildman–Crippen LogP) is 1.80. The van der Waals surface area contributed by atoms with Crippen molar-refractivity contribution in [3.63, 3.8) is 0 Å². The minimum absolute atomic E-state index is 0.0874.